The van der Waals surface area contributed by atoms with E-state index in [1.807, 2.05) is 21.1 Å². The molecule has 4 aliphatic carbocycles. The summed E-state index contributed by atoms with van der Waals surface area (Å²) in [5.74, 6) is 2.99. The number of ether oxygens (including phenoxy) is 3. The van der Waals surface area contributed by atoms with Gasteiger partial charge in [-0.3, -0.25) is 23.4 Å². The molecule has 4 rings (SSSR count). The van der Waals surface area contributed by atoms with Crippen LogP contribution in [0.5, 0.6) is 0 Å². The van der Waals surface area contributed by atoms with Crippen LogP contribution in [-0.2, 0) is 42.2 Å². The first-order valence-corrected chi connectivity index (χ1v) is 29.6. The van der Waals surface area contributed by atoms with Crippen molar-refractivity contribution in [1.29, 1.82) is 0 Å². The Hall–Kier alpha value is -2.04. The lowest BCUT2D eigenvalue weighted by Crippen LogP contribution is -2.51. The zero-order chi connectivity index (χ0) is 50.5. The van der Waals surface area contributed by atoms with Gasteiger partial charge in [0.05, 0.1) is 40.6 Å². The first-order valence-electron chi connectivity index (χ1n) is 28.1. The Kier molecular flexibility index (Phi) is 25.5. The molecule has 0 aromatic rings. The number of allylic oxidation sites excluding steroid dienone is 3. The molecular weight excluding hydrogens is 890 g/mol. The van der Waals surface area contributed by atoms with Gasteiger partial charge in [-0.05, 0) is 123 Å². The van der Waals surface area contributed by atoms with Gasteiger partial charge in [-0.1, -0.05) is 136 Å². The van der Waals surface area contributed by atoms with Gasteiger partial charge in [0.1, 0.15) is 25.9 Å². The minimum atomic E-state index is -4.49. The van der Waals surface area contributed by atoms with Crippen LogP contribution in [0.2, 0.25) is 0 Å². The Morgan fingerprint density at radius 1 is 0.768 bits per heavy atom. The van der Waals surface area contributed by atoms with Gasteiger partial charge in [0.2, 0.25) is 0 Å². The van der Waals surface area contributed by atoms with Crippen molar-refractivity contribution in [2.45, 2.75) is 227 Å². The molecule has 0 saturated heterocycles. The minimum absolute atomic E-state index is 0.0218. The highest BCUT2D eigenvalue weighted by molar-refractivity contribution is 7.47. The molecule has 0 aromatic carbocycles. The molecule has 0 radical (unpaired) electrons. The molecule has 398 valence electrons. The van der Waals surface area contributed by atoms with Crippen LogP contribution in [0, 0.1) is 46.3 Å². The van der Waals surface area contributed by atoms with E-state index in [1.54, 1.807) is 0 Å². The number of rotatable bonds is 34. The fourth-order valence-corrected chi connectivity index (χ4v) is 13.5. The third-order valence-electron chi connectivity index (χ3n) is 16.9. The van der Waals surface area contributed by atoms with Gasteiger partial charge in [0.25, 0.3) is 0 Å². The average molecular weight is 991 g/mol. The lowest BCUT2D eigenvalue weighted by atomic mass is 9.47. The molecule has 11 nitrogen and oxygen atoms in total. The SMILES string of the molecule is CCCCCCCC/C=C/CCCCCCCC(=O)OCC(COP(=O)(O)OCC[N+](C)(C)C)OC(=O)CCC(=O)OC1CCC2(C)C(=CCC3C2CCC2(C)C(C(C)CCCC(C)C)CCC32)C1. The highest BCUT2D eigenvalue weighted by atomic mass is 31.2. The zero-order valence-electron chi connectivity index (χ0n) is 45.3. The second-order valence-electron chi connectivity index (χ2n) is 23.9. The number of esters is 3. The topological polar surface area (TPSA) is 135 Å². The van der Waals surface area contributed by atoms with Gasteiger partial charge in [-0.15, -0.1) is 0 Å². The van der Waals surface area contributed by atoms with E-state index in [4.69, 9.17) is 23.3 Å². The van der Waals surface area contributed by atoms with Crippen LogP contribution in [0.4, 0.5) is 0 Å². The van der Waals surface area contributed by atoms with E-state index < -0.39 is 38.4 Å². The molecule has 0 aliphatic heterocycles. The molecule has 1 N–H and O–H groups in total. The molecule has 10 unspecified atom stereocenters. The van der Waals surface area contributed by atoms with Gasteiger partial charge in [-0.2, -0.15) is 0 Å². The Morgan fingerprint density at radius 3 is 2.12 bits per heavy atom. The molecule has 0 bridgehead atoms. The number of phosphoric acid groups is 1. The predicted octanol–water partition coefficient (Wildman–Crippen LogP) is 14.1. The first kappa shape index (κ1) is 59.5. The maximum Gasteiger partial charge on any atom is 0.472 e. The molecule has 10 atom stereocenters. The molecule has 0 heterocycles. The van der Waals surface area contributed by atoms with Crippen molar-refractivity contribution in [3.05, 3.63) is 23.8 Å². The Labute approximate surface area is 420 Å². The van der Waals surface area contributed by atoms with E-state index in [1.165, 1.54) is 89.0 Å². The van der Waals surface area contributed by atoms with Crippen molar-refractivity contribution < 1.29 is 51.6 Å². The van der Waals surface area contributed by atoms with Crippen LogP contribution >= 0.6 is 7.82 Å². The number of quaternary nitrogens is 1. The summed E-state index contributed by atoms with van der Waals surface area (Å²) in [6.45, 7) is 14.2. The Morgan fingerprint density at radius 2 is 1.43 bits per heavy atom. The van der Waals surface area contributed by atoms with E-state index in [9.17, 15) is 23.8 Å². The summed E-state index contributed by atoms with van der Waals surface area (Å²) in [4.78, 5) is 49.4. The van der Waals surface area contributed by atoms with Crippen molar-refractivity contribution in [2.75, 3.05) is 47.5 Å². The molecule has 0 spiro atoms. The number of carbonyl (C=O) groups is 3. The van der Waals surface area contributed by atoms with Crippen molar-refractivity contribution in [3.63, 3.8) is 0 Å². The maximum atomic E-state index is 13.2. The summed E-state index contributed by atoms with van der Waals surface area (Å²) in [7, 11) is 1.30. The van der Waals surface area contributed by atoms with Gasteiger partial charge in [0, 0.05) is 12.8 Å². The third kappa shape index (κ3) is 20.4. The van der Waals surface area contributed by atoms with Crippen LogP contribution in [0.3, 0.4) is 0 Å². The van der Waals surface area contributed by atoms with E-state index in [-0.39, 0.29) is 44.0 Å². The lowest BCUT2D eigenvalue weighted by molar-refractivity contribution is -0.870. The molecule has 0 amide bonds. The summed E-state index contributed by atoms with van der Waals surface area (Å²) in [6, 6.07) is 0. The summed E-state index contributed by atoms with van der Waals surface area (Å²) in [5, 5.41) is 0. The van der Waals surface area contributed by atoms with Crippen LogP contribution in [0.1, 0.15) is 215 Å². The number of nitrogens with zero attached hydrogens (tertiary/aromatic N) is 1. The smallest absolute Gasteiger partial charge is 0.462 e. The van der Waals surface area contributed by atoms with Gasteiger partial charge in [0.15, 0.2) is 6.10 Å². The molecule has 0 aromatic heterocycles. The lowest BCUT2D eigenvalue weighted by Gasteiger charge is -2.58. The summed E-state index contributed by atoms with van der Waals surface area (Å²) in [5.41, 5.74) is 2.03. The van der Waals surface area contributed by atoms with E-state index in [0.717, 1.165) is 93.8 Å². The van der Waals surface area contributed by atoms with Crippen LogP contribution in [-0.4, -0.2) is 87.0 Å². The van der Waals surface area contributed by atoms with Crippen LogP contribution in [0.25, 0.3) is 0 Å². The summed E-state index contributed by atoms with van der Waals surface area (Å²) in [6.07, 6.45) is 33.6. The number of unbranched alkanes of at least 4 members (excludes halogenated alkanes) is 11. The van der Waals surface area contributed by atoms with Crippen molar-refractivity contribution in [2.24, 2.45) is 46.3 Å². The zero-order valence-corrected chi connectivity index (χ0v) is 46.2. The van der Waals surface area contributed by atoms with Crippen LogP contribution < -0.4 is 0 Å². The normalized spacial score (nSPS) is 27.5. The fourth-order valence-electron chi connectivity index (χ4n) is 12.8. The van der Waals surface area contributed by atoms with E-state index >= 15 is 0 Å². The Bertz CT molecular complexity index is 1660. The molecule has 12 heteroatoms. The highest BCUT2D eigenvalue weighted by Crippen LogP contribution is 2.67. The number of phosphoric ester groups is 1. The molecule has 69 heavy (non-hydrogen) atoms. The average Bonchev–Trinajstić information content (AvgIpc) is 3.64. The highest BCUT2D eigenvalue weighted by Gasteiger charge is 2.59. The summed E-state index contributed by atoms with van der Waals surface area (Å²) < 4.78 is 40.6. The second-order valence-corrected chi connectivity index (χ2v) is 25.3. The number of hydrogen-bond donors (Lipinski definition) is 1. The quantitative estimate of drug-likeness (QED) is 0.0166. The summed E-state index contributed by atoms with van der Waals surface area (Å²) >= 11 is 0. The number of likely N-dealkylation sites (N-methyl/N-ethyl adjacent to an activating group) is 1. The first-order chi connectivity index (χ1) is 32.8. The Balaban J connectivity index is 1.19. The van der Waals surface area contributed by atoms with Gasteiger partial charge < -0.3 is 23.6 Å². The maximum absolute atomic E-state index is 13.2. The van der Waals surface area contributed by atoms with Gasteiger partial charge in [-0.25, -0.2) is 4.57 Å². The van der Waals surface area contributed by atoms with Gasteiger partial charge >= 0.3 is 25.7 Å². The largest absolute Gasteiger partial charge is 0.472 e. The minimum Gasteiger partial charge on any atom is -0.462 e. The number of carbonyl (C=O) groups excluding carboxylic acids is 3. The van der Waals surface area contributed by atoms with E-state index in [0.29, 0.717) is 28.8 Å². The van der Waals surface area contributed by atoms with Crippen molar-refractivity contribution in [3.8, 4) is 0 Å². The molecule has 3 fully saturated rings. The molecule has 3 saturated carbocycles. The van der Waals surface area contributed by atoms with Crippen molar-refractivity contribution >= 4 is 25.7 Å². The number of hydrogen-bond acceptors (Lipinski definition) is 9. The second kappa shape index (κ2) is 29.6. The predicted molar refractivity (Wildman–Crippen MR) is 277 cm³/mol. The number of fused-ring (bicyclic) bond motifs is 5. The third-order valence-corrected chi connectivity index (χ3v) is 17.9. The molecular formula is C57H101NO10P+. The standard InChI is InChI=1S/C57H100NO10P/c1-10-11-12-13-14-15-16-17-18-19-20-21-22-23-24-28-53(59)64-42-48(43-66-69(62,63)65-40-39-58(7,8)9)68-55(61)34-33-54(60)67-47-35-37-56(5)46(41-47)29-30-49-51-32-31-50(45(4)27-25-26-44(2)3)57(51,6)38-36-52(49)56/h17-18,29,44-45,47-52H,10-16,19-28,30-43H2,1-9H3/p+1/b18-17+. The monoisotopic (exact) mass is 991 g/mol. The van der Waals surface area contributed by atoms with E-state index in [2.05, 4.69) is 59.8 Å². The van der Waals surface area contributed by atoms with Crippen LogP contribution in [0.15, 0.2) is 23.8 Å². The fraction of sp³-hybridized carbons (Fsp3) is 0.877. The van der Waals surface area contributed by atoms with Crippen molar-refractivity contribution in [1.82, 2.24) is 0 Å². The molecule has 4 aliphatic rings.